The van der Waals surface area contributed by atoms with E-state index in [9.17, 15) is 8.42 Å². The Morgan fingerprint density at radius 3 is 2.36 bits per heavy atom. The van der Waals surface area contributed by atoms with Gasteiger partial charge in [-0.05, 0) is 73.4 Å². The van der Waals surface area contributed by atoms with Crippen LogP contribution in [0.3, 0.4) is 0 Å². The number of nitrogens with zero attached hydrogens (tertiary/aromatic N) is 1. The largest absolute Gasteiger partial charge is 0.493 e. The Morgan fingerprint density at radius 1 is 1.06 bits per heavy atom. The van der Waals surface area contributed by atoms with Crippen molar-refractivity contribution in [1.29, 1.82) is 0 Å². The SMILES string of the molecule is COc1cc2c(cc1OC)[C@H]1C[C@@H](OS(=O)(=O)c3ccc(C)cc3)[C@H](CC(C)C)CN1CC2. The maximum atomic E-state index is 13.2. The maximum Gasteiger partial charge on any atom is 0.297 e. The van der Waals surface area contributed by atoms with Crippen LogP contribution in [0, 0.1) is 18.8 Å². The first-order valence-corrected chi connectivity index (χ1v) is 13.1. The molecule has 180 valence electrons. The molecule has 3 atom stereocenters. The van der Waals surface area contributed by atoms with Crippen LogP contribution in [0.25, 0.3) is 0 Å². The molecule has 2 aromatic carbocycles. The molecule has 0 N–H and O–H groups in total. The molecule has 2 aliphatic heterocycles. The van der Waals surface area contributed by atoms with Crippen LogP contribution in [0.1, 0.15) is 49.4 Å². The van der Waals surface area contributed by atoms with Crippen molar-refractivity contribution >= 4 is 10.1 Å². The van der Waals surface area contributed by atoms with Crippen molar-refractivity contribution in [2.75, 3.05) is 27.3 Å². The second kappa shape index (κ2) is 9.65. The van der Waals surface area contributed by atoms with Crippen LogP contribution in [0.5, 0.6) is 11.5 Å². The van der Waals surface area contributed by atoms with Gasteiger partial charge in [-0.25, -0.2) is 0 Å². The molecular formula is C26H35NO5S. The van der Waals surface area contributed by atoms with E-state index in [0.29, 0.717) is 18.1 Å². The molecule has 6 nitrogen and oxygen atoms in total. The number of hydrogen-bond donors (Lipinski definition) is 0. The number of benzene rings is 2. The first-order valence-electron chi connectivity index (χ1n) is 11.7. The average Bonchev–Trinajstić information content (AvgIpc) is 2.78. The van der Waals surface area contributed by atoms with Crippen molar-refractivity contribution in [2.24, 2.45) is 11.8 Å². The van der Waals surface area contributed by atoms with E-state index >= 15 is 0 Å². The van der Waals surface area contributed by atoms with Crippen LogP contribution < -0.4 is 9.47 Å². The summed E-state index contributed by atoms with van der Waals surface area (Å²) in [6.07, 6.45) is 2.12. The Hall–Kier alpha value is -2.09. The molecule has 7 heteroatoms. The lowest BCUT2D eigenvalue weighted by Gasteiger charge is -2.47. The van der Waals surface area contributed by atoms with Gasteiger partial charge in [0, 0.05) is 19.1 Å². The quantitative estimate of drug-likeness (QED) is 0.541. The first kappa shape index (κ1) is 24.0. The molecule has 2 aromatic rings. The molecule has 0 aliphatic carbocycles. The summed E-state index contributed by atoms with van der Waals surface area (Å²) in [6.45, 7) is 8.07. The molecule has 2 aliphatic rings. The number of rotatable bonds is 7. The third-order valence-electron chi connectivity index (χ3n) is 6.90. The van der Waals surface area contributed by atoms with Crippen LogP contribution in [0.2, 0.25) is 0 Å². The normalized spacial score (nSPS) is 23.2. The number of fused-ring (bicyclic) bond motifs is 3. The first-order chi connectivity index (χ1) is 15.7. The van der Waals surface area contributed by atoms with Gasteiger partial charge in [0.05, 0.1) is 25.2 Å². The van der Waals surface area contributed by atoms with E-state index in [2.05, 4.69) is 30.9 Å². The predicted octanol–water partition coefficient (Wildman–Crippen LogP) is 4.75. The van der Waals surface area contributed by atoms with Crippen LogP contribution in [-0.4, -0.2) is 46.7 Å². The minimum Gasteiger partial charge on any atom is -0.493 e. The van der Waals surface area contributed by atoms with Crippen LogP contribution in [-0.2, 0) is 20.7 Å². The third-order valence-corrected chi connectivity index (χ3v) is 8.25. The van der Waals surface area contributed by atoms with Crippen molar-refractivity contribution < 1.29 is 22.1 Å². The minimum atomic E-state index is -3.85. The summed E-state index contributed by atoms with van der Waals surface area (Å²) in [5, 5.41) is 0. The number of aryl methyl sites for hydroxylation is 1. The summed E-state index contributed by atoms with van der Waals surface area (Å²) in [7, 11) is -0.555. The maximum absolute atomic E-state index is 13.2. The molecule has 0 radical (unpaired) electrons. The Kier molecular flexibility index (Phi) is 7.03. The molecule has 1 saturated heterocycles. The Morgan fingerprint density at radius 2 is 1.73 bits per heavy atom. The van der Waals surface area contributed by atoms with Gasteiger partial charge in [0.15, 0.2) is 11.5 Å². The predicted molar refractivity (Wildman–Crippen MR) is 128 cm³/mol. The van der Waals surface area contributed by atoms with Gasteiger partial charge < -0.3 is 9.47 Å². The molecule has 2 heterocycles. The third kappa shape index (κ3) is 5.05. The summed E-state index contributed by atoms with van der Waals surface area (Å²) < 4.78 is 43.4. The zero-order chi connectivity index (χ0) is 23.8. The topological polar surface area (TPSA) is 65.1 Å². The van der Waals surface area contributed by atoms with Gasteiger partial charge in [-0.3, -0.25) is 9.08 Å². The van der Waals surface area contributed by atoms with Crippen molar-refractivity contribution in [3.8, 4) is 11.5 Å². The molecule has 0 saturated carbocycles. The van der Waals surface area contributed by atoms with Crippen LogP contribution in [0.15, 0.2) is 41.3 Å². The van der Waals surface area contributed by atoms with Gasteiger partial charge in [0.2, 0.25) is 0 Å². The molecule has 0 bridgehead atoms. The summed E-state index contributed by atoms with van der Waals surface area (Å²) in [5.41, 5.74) is 3.43. The van der Waals surface area contributed by atoms with E-state index in [4.69, 9.17) is 13.7 Å². The van der Waals surface area contributed by atoms with Gasteiger partial charge in [0.1, 0.15) is 0 Å². The van der Waals surface area contributed by atoms with Crippen LogP contribution in [0.4, 0.5) is 0 Å². The average molecular weight is 474 g/mol. The van der Waals surface area contributed by atoms with E-state index in [0.717, 1.165) is 37.2 Å². The molecule has 1 fully saturated rings. The number of methoxy groups -OCH3 is 2. The second-order valence-corrected chi connectivity index (χ2v) is 11.3. The lowest BCUT2D eigenvalue weighted by molar-refractivity contribution is -0.00241. The highest BCUT2D eigenvalue weighted by Gasteiger charge is 2.42. The molecule has 0 spiro atoms. The highest BCUT2D eigenvalue weighted by atomic mass is 32.2. The van der Waals surface area contributed by atoms with Crippen molar-refractivity contribution in [2.45, 2.75) is 57.1 Å². The Balaban J connectivity index is 1.65. The zero-order valence-electron chi connectivity index (χ0n) is 20.2. The van der Waals surface area contributed by atoms with Gasteiger partial charge in [-0.15, -0.1) is 0 Å². The number of piperidine rings is 1. The monoisotopic (exact) mass is 473 g/mol. The summed E-state index contributed by atoms with van der Waals surface area (Å²) in [6, 6.07) is 11.1. The lowest BCUT2D eigenvalue weighted by atomic mass is 9.79. The molecule has 0 amide bonds. The molecule has 0 unspecified atom stereocenters. The minimum absolute atomic E-state index is 0.0928. The zero-order valence-corrected chi connectivity index (χ0v) is 21.0. The van der Waals surface area contributed by atoms with Crippen molar-refractivity contribution in [3.63, 3.8) is 0 Å². The number of hydrogen-bond acceptors (Lipinski definition) is 6. The van der Waals surface area contributed by atoms with Crippen molar-refractivity contribution in [1.82, 2.24) is 4.90 Å². The molecule has 0 aromatic heterocycles. The van der Waals surface area contributed by atoms with Gasteiger partial charge in [-0.2, -0.15) is 8.42 Å². The van der Waals surface area contributed by atoms with E-state index in [-0.39, 0.29) is 23.0 Å². The fraction of sp³-hybridized carbons (Fsp3) is 0.538. The van der Waals surface area contributed by atoms with Gasteiger partial charge >= 0.3 is 0 Å². The summed E-state index contributed by atoms with van der Waals surface area (Å²) in [4.78, 5) is 2.70. The Bertz CT molecular complexity index is 1080. The molecule has 33 heavy (non-hydrogen) atoms. The van der Waals surface area contributed by atoms with Crippen LogP contribution >= 0.6 is 0 Å². The van der Waals surface area contributed by atoms with E-state index < -0.39 is 10.1 Å². The molecule has 4 rings (SSSR count). The lowest BCUT2D eigenvalue weighted by Crippen LogP contribution is -2.49. The molecular weight excluding hydrogens is 438 g/mol. The Labute approximate surface area is 198 Å². The smallest absolute Gasteiger partial charge is 0.297 e. The van der Waals surface area contributed by atoms with Crippen molar-refractivity contribution in [3.05, 3.63) is 53.1 Å². The van der Waals surface area contributed by atoms with E-state index in [1.54, 1.807) is 26.4 Å². The second-order valence-electron chi connectivity index (χ2n) is 9.69. The van der Waals surface area contributed by atoms with Gasteiger partial charge in [0.25, 0.3) is 10.1 Å². The highest BCUT2D eigenvalue weighted by molar-refractivity contribution is 7.86. The van der Waals surface area contributed by atoms with Gasteiger partial charge in [-0.1, -0.05) is 31.5 Å². The summed E-state index contributed by atoms with van der Waals surface area (Å²) in [5.74, 6) is 2.05. The summed E-state index contributed by atoms with van der Waals surface area (Å²) >= 11 is 0. The fourth-order valence-electron chi connectivity index (χ4n) is 5.28. The fourth-order valence-corrected chi connectivity index (χ4v) is 6.42. The van der Waals surface area contributed by atoms with E-state index in [1.807, 2.05) is 19.1 Å². The highest BCUT2D eigenvalue weighted by Crippen LogP contribution is 2.44. The van der Waals surface area contributed by atoms with E-state index in [1.165, 1.54) is 11.1 Å². The standard InChI is InChI=1S/C26H35NO5S/c1-17(2)12-20-16-27-11-10-19-13-25(30-4)26(31-5)14-22(19)23(27)15-24(20)32-33(28,29)21-8-6-18(3)7-9-21/h6-9,13-14,17,20,23-24H,10-12,15-16H2,1-5H3/t20-,23-,24-/m1/s1. The number of ether oxygens (including phenoxy) is 2.